The van der Waals surface area contributed by atoms with Gasteiger partial charge in [0, 0.05) is 7.05 Å². The molecule has 0 radical (unpaired) electrons. The van der Waals surface area contributed by atoms with Crippen LogP contribution in [-0.4, -0.2) is 36.0 Å². The van der Waals surface area contributed by atoms with Gasteiger partial charge in [0.2, 0.25) is 0 Å². The lowest BCUT2D eigenvalue weighted by Crippen LogP contribution is -2.68. The topological polar surface area (TPSA) is 102 Å². The standard InChI is InChI=1S/C16H22N4O2.ClH/c1-9(2)13-16(18,14(21)10(3)17)15(22)20(4)12-8-6-5-7-11(12)19-13;/h5-10H,17-18H2,1-4H3;1H/t10-,16?;/m0./s1. The van der Waals surface area contributed by atoms with E-state index in [4.69, 9.17) is 11.5 Å². The van der Waals surface area contributed by atoms with Gasteiger partial charge in [-0.1, -0.05) is 26.0 Å². The fourth-order valence-corrected chi connectivity index (χ4v) is 2.72. The van der Waals surface area contributed by atoms with Crippen molar-refractivity contribution in [1.82, 2.24) is 0 Å². The van der Waals surface area contributed by atoms with Crippen LogP contribution in [0.15, 0.2) is 29.3 Å². The number of aliphatic imine (C=N–C) groups is 1. The van der Waals surface area contributed by atoms with Crippen LogP contribution in [0, 0.1) is 5.92 Å². The molecule has 2 atom stereocenters. The van der Waals surface area contributed by atoms with E-state index in [1.807, 2.05) is 26.0 Å². The molecular weight excluding hydrogens is 316 g/mol. The second-order valence-corrected chi connectivity index (χ2v) is 5.97. The minimum atomic E-state index is -1.84. The molecule has 6 nitrogen and oxygen atoms in total. The van der Waals surface area contributed by atoms with E-state index in [-0.39, 0.29) is 18.3 Å². The highest BCUT2D eigenvalue weighted by Crippen LogP contribution is 2.34. The van der Waals surface area contributed by atoms with E-state index < -0.39 is 23.3 Å². The van der Waals surface area contributed by atoms with Crippen LogP contribution >= 0.6 is 12.4 Å². The monoisotopic (exact) mass is 338 g/mol. The highest BCUT2D eigenvalue weighted by atomic mass is 35.5. The van der Waals surface area contributed by atoms with E-state index >= 15 is 0 Å². The molecule has 7 heteroatoms. The zero-order chi connectivity index (χ0) is 16.7. The number of nitrogens with two attached hydrogens (primary N) is 2. The number of hydrogen-bond acceptors (Lipinski definition) is 5. The van der Waals surface area contributed by atoms with Crippen LogP contribution in [0.3, 0.4) is 0 Å². The second-order valence-electron chi connectivity index (χ2n) is 5.97. The van der Waals surface area contributed by atoms with E-state index in [9.17, 15) is 9.59 Å². The summed E-state index contributed by atoms with van der Waals surface area (Å²) in [5.41, 5.74) is 11.8. The Morgan fingerprint density at radius 2 is 1.83 bits per heavy atom. The lowest BCUT2D eigenvalue weighted by Gasteiger charge is -2.32. The van der Waals surface area contributed by atoms with E-state index in [0.29, 0.717) is 17.1 Å². The number of ketones is 1. The summed E-state index contributed by atoms with van der Waals surface area (Å²) in [6, 6.07) is 6.35. The van der Waals surface area contributed by atoms with Gasteiger partial charge in [0.25, 0.3) is 5.91 Å². The maximum atomic E-state index is 12.9. The number of benzene rings is 1. The van der Waals surface area contributed by atoms with Crippen molar-refractivity contribution in [2.24, 2.45) is 22.4 Å². The first-order chi connectivity index (χ1) is 10.2. The maximum absolute atomic E-state index is 12.9. The van der Waals surface area contributed by atoms with Crippen LogP contribution in [0.25, 0.3) is 0 Å². The fourth-order valence-electron chi connectivity index (χ4n) is 2.72. The van der Waals surface area contributed by atoms with Crippen molar-refractivity contribution >= 4 is 41.2 Å². The maximum Gasteiger partial charge on any atom is 0.260 e. The Balaban J connectivity index is 0.00000264. The summed E-state index contributed by atoms with van der Waals surface area (Å²) in [7, 11) is 1.59. The molecule has 1 heterocycles. The van der Waals surface area contributed by atoms with Gasteiger partial charge in [0.15, 0.2) is 11.3 Å². The molecule has 0 spiro atoms. The average Bonchev–Trinajstić information content (AvgIpc) is 2.56. The summed E-state index contributed by atoms with van der Waals surface area (Å²) in [4.78, 5) is 31.5. The molecule has 0 saturated heterocycles. The number of fused-ring (bicyclic) bond motifs is 1. The first kappa shape index (κ1) is 19.3. The summed E-state index contributed by atoms with van der Waals surface area (Å²) in [5, 5.41) is 0. The molecule has 0 aromatic heterocycles. The van der Waals surface area contributed by atoms with E-state index in [1.54, 1.807) is 19.2 Å². The third kappa shape index (κ3) is 3.02. The van der Waals surface area contributed by atoms with Crippen LogP contribution < -0.4 is 16.4 Å². The third-order valence-corrected chi connectivity index (χ3v) is 3.88. The molecule has 0 saturated carbocycles. The zero-order valence-electron chi connectivity index (χ0n) is 13.7. The number of rotatable bonds is 3. The quantitative estimate of drug-likeness (QED) is 0.814. The first-order valence-electron chi connectivity index (χ1n) is 7.26. The van der Waals surface area contributed by atoms with Gasteiger partial charge in [-0.25, -0.2) is 0 Å². The molecule has 0 fully saturated rings. The number of para-hydroxylation sites is 2. The SMILES string of the molecule is CC(C)C1=Nc2ccccc2N(C)C(=O)C1(N)C(=O)[C@H](C)N.Cl. The van der Waals surface area contributed by atoms with Crippen molar-refractivity contribution in [3.8, 4) is 0 Å². The number of carbonyl (C=O) groups is 2. The predicted octanol–water partition coefficient (Wildman–Crippen LogP) is 1.43. The Morgan fingerprint density at radius 1 is 1.26 bits per heavy atom. The first-order valence-corrected chi connectivity index (χ1v) is 7.26. The number of carbonyl (C=O) groups excluding carboxylic acids is 2. The summed E-state index contributed by atoms with van der Waals surface area (Å²) >= 11 is 0. The Hall–Kier alpha value is -1.76. The van der Waals surface area contributed by atoms with Gasteiger partial charge in [-0.05, 0) is 25.0 Å². The lowest BCUT2D eigenvalue weighted by molar-refractivity contribution is -0.131. The summed E-state index contributed by atoms with van der Waals surface area (Å²) in [5.74, 6) is -1.20. The Morgan fingerprint density at radius 3 is 2.35 bits per heavy atom. The Bertz CT molecular complexity index is 657. The predicted molar refractivity (Wildman–Crippen MR) is 94.6 cm³/mol. The second kappa shape index (κ2) is 6.78. The molecule has 23 heavy (non-hydrogen) atoms. The molecule has 1 aliphatic heterocycles. The molecule has 1 amide bonds. The number of hydrogen-bond donors (Lipinski definition) is 2. The van der Waals surface area contributed by atoms with Gasteiger partial charge in [-0.2, -0.15) is 0 Å². The van der Waals surface area contributed by atoms with E-state index in [1.165, 1.54) is 11.8 Å². The largest absolute Gasteiger partial charge is 0.322 e. The number of anilines is 1. The number of likely N-dealkylation sites (N-methyl/N-ethyl adjacent to an activating group) is 1. The van der Waals surface area contributed by atoms with E-state index in [0.717, 1.165) is 0 Å². The molecule has 1 aromatic rings. The van der Waals surface area contributed by atoms with Crippen molar-refractivity contribution in [3.63, 3.8) is 0 Å². The average molecular weight is 339 g/mol. The third-order valence-electron chi connectivity index (χ3n) is 3.88. The molecule has 0 aliphatic carbocycles. The minimum Gasteiger partial charge on any atom is -0.322 e. The van der Waals surface area contributed by atoms with Gasteiger partial charge in [0.05, 0.1) is 23.1 Å². The zero-order valence-corrected chi connectivity index (χ0v) is 14.6. The highest BCUT2D eigenvalue weighted by molar-refractivity contribution is 6.35. The van der Waals surface area contributed by atoms with Gasteiger partial charge in [-0.3, -0.25) is 14.6 Å². The fraction of sp³-hybridized carbons (Fsp3) is 0.438. The highest BCUT2D eigenvalue weighted by Gasteiger charge is 2.51. The summed E-state index contributed by atoms with van der Waals surface area (Å²) in [6.45, 7) is 5.24. The van der Waals surface area contributed by atoms with Gasteiger partial charge < -0.3 is 16.4 Å². The van der Waals surface area contributed by atoms with Gasteiger partial charge in [0.1, 0.15) is 0 Å². The number of amides is 1. The van der Waals surface area contributed by atoms with Crippen LogP contribution in [0.2, 0.25) is 0 Å². The molecule has 4 N–H and O–H groups in total. The molecule has 0 bridgehead atoms. The molecule has 1 aromatic carbocycles. The Kier molecular flexibility index (Phi) is 5.69. The smallest absolute Gasteiger partial charge is 0.260 e. The van der Waals surface area contributed by atoms with Crippen molar-refractivity contribution in [1.29, 1.82) is 0 Å². The molecule has 2 rings (SSSR count). The molecule has 1 aliphatic rings. The van der Waals surface area contributed by atoms with E-state index in [2.05, 4.69) is 4.99 Å². The van der Waals surface area contributed by atoms with Crippen LogP contribution in [0.5, 0.6) is 0 Å². The summed E-state index contributed by atoms with van der Waals surface area (Å²) < 4.78 is 0. The van der Waals surface area contributed by atoms with Gasteiger partial charge in [-0.15, -0.1) is 12.4 Å². The van der Waals surface area contributed by atoms with Crippen LogP contribution in [0.4, 0.5) is 11.4 Å². The van der Waals surface area contributed by atoms with Crippen molar-refractivity contribution < 1.29 is 9.59 Å². The van der Waals surface area contributed by atoms with Crippen LogP contribution in [0.1, 0.15) is 20.8 Å². The molecule has 1 unspecified atom stereocenters. The van der Waals surface area contributed by atoms with Gasteiger partial charge >= 0.3 is 0 Å². The minimum absolute atomic E-state index is 0. The Labute approximate surface area is 142 Å². The number of nitrogens with zero attached hydrogens (tertiary/aromatic N) is 2. The molecular formula is C16H23ClN4O2. The van der Waals surface area contributed by atoms with Crippen molar-refractivity contribution in [3.05, 3.63) is 24.3 Å². The normalized spacial score (nSPS) is 22.0. The van der Waals surface area contributed by atoms with Crippen LogP contribution in [-0.2, 0) is 9.59 Å². The number of Topliss-reactive ketones (excluding diaryl/α,β-unsaturated/α-hetero) is 1. The lowest BCUT2D eigenvalue weighted by atomic mass is 9.80. The molecule has 126 valence electrons. The number of halogens is 1. The van der Waals surface area contributed by atoms with Crippen molar-refractivity contribution in [2.75, 3.05) is 11.9 Å². The summed E-state index contributed by atoms with van der Waals surface area (Å²) in [6.07, 6.45) is 0. The van der Waals surface area contributed by atoms with Crippen molar-refractivity contribution in [2.45, 2.75) is 32.4 Å².